The van der Waals surface area contributed by atoms with Gasteiger partial charge in [-0.3, -0.25) is 9.59 Å². The maximum absolute atomic E-state index is 12.8. The fraction of sp³-hybridized carbons (Fsp3) is 0.722. The smallest absolute Gasteiger partial charge is 0.306 e. The fourth-order valence-electron chi connectivity index (χ4n) is 6.60. The SMILES string of the molecule is CC/C=C\C/C=C\C/C=C\C/C=C\C/C=C\C/C=C\CCCCCCCCCCCCC(=O)OC(COC(=O)CCCCCCCCCCC)COC(OCC[N+](C)(C)C)C(=O)[O-]. The Morgan fingerprint density at radius 2 is 0.905 bits per heavy atom. The fourth-order valence-corrected chi connectivity index (χ4v) is 6.60. The van der Waals surface area contributed by atoms with Crippen molar-refractivity contribution in [3.63, 3.8) is 0 Å². The molecule has 0 spiro atoms. The summed E-state index contributed by atoms with van der Waals surface area (Å²) in [6.07, 6.45) is 53.8. The molecule has 0 saturated heterocycles. The van der Waals surface area contributed by atoms with Gasteiger partial charge in [-0.2, -0.15) is 0 Å². The number of carboxylic acid groups (broad SMARTS) is 1. The third kappa shape index (κ3) is 46.5. The second kappa shape index (κ2) is 45.3. The lowest BCUT2D eigenvalue weighted by Gasteiger charge is -2.26. The minimum absolute atomic E-state index is 0.145. The summed E-state index contributed by atoms with van der Waals surface area (Å²) in [6.45, 7) is 4.59. The Morgan fingerprint density at radius 1 is 0.492 bits per heavy atom. The molecule has 0 saturated carbocycles. The van der Waals surface area contributed by atoms with Gasteiger partial charge in [0.25, 0.3) is 0 Å². The number of aliphatic carboxylic acids is 1. The van der Waals surface area contributed by atoms with Crippen LogP contribution in [0.25, 0.3) is 0 Å². The highest BCUT2D eigenvalue weighted by Crippen LogP contribution is 2.14. The highest BCUT2D eigenvalue weighted by atomic mass is 16.7. The Hall–Kier alpha value is -3.27. The van der Waals surface area contributed by atoms with E-state index in [0.717, 1.165) is 83.5 Å². The summed E-state index contributed by atoms with van der Waals surface area (Å²) in [5.41, 5.74) is 0. The van der Waals surface area contributed by atoms with Crippen molar-refractivity contribution in [2.45, 2.75) is 206 Å². The van der Waals surface area contributed by atoms with Crippen LogP contribution in [0.1, 0.15) is 194 Å². The monoisotopic (exact) mass is 884 g/mol. The zero-order valence-corrected chi connectivity index (χ0v) is 40.9. The van der Waals surface area contributed by atoms with Crippen LogP contribution >= 0.6 is 0 Å². The Labute approximate surface area is 386 Å². The molecule has 9 heteroatoms. The minimum Gasteiger partial charge on any atom is -0.545 e. The number of esters is 2. The molecule has 9 nitrogen and oxygen atoms in total. The van der Waals surface area contributed by atoms with Crippen LogP contribution in [0.4, 0.5) is 0 Å². The summed E-state index contributed by atoms with van der Waals surface area (Å²) in [7, 11) is 5.90. The summed E-state index contributed by atoms with van der Waals surface area (Å²) in [6, 6.07) is 0. The molecule has 63 heavy (non-hydrogen) atoms. The molecule has 0 fully saturated rings. The lowest BCUT2D eigenvalue weighted by Crippen LogP contribution is -2.44. The molecule has 2 atom stereocenters. The van der Waals surface area contributed by atoms with Gasteiger partial charge in [0, 0.05) is 12.8 Å². The van der Waals surface area contributed by atoms with Crippen molar-refractivity contribution in [3.8, 4) is 0 Å². The number of nitrogens with zero attached hydrogens (tertiary/aromatic N) is 1. The molecular formula is C54H93NO8. The van der Waals surface area contributed by atoms with Crippen LogP contribution < -0.4 is 5.11 Å². The standard InChI is InChI=1S/C54H93NO8/c1-6-8-10-12-14-16-17-18-19-20-21-22-23-24-25-26-27-28-29-30-31-32-33-34-35-37-39-41-43-45-52(57)63-50(49-62-54(53(58)59)60-47-46-55(3,4)5)48-61-51(56)44-42-40-38-36-15-13-11-9-7-2/h8,10,14,16,18-19,21-22,24-25,27-28,50,54H,6-7,9,11-13,15,17,20,23,26,29-49H2,1-5H3/b10-8-,16-14-,19-18-,22-21-,25-24-,28-27-. The van der Waals surface area contributed by atoms with Gasteiger partial charge >= 0.3 is 11.9 Å². The molecule has 0 radical (unpaired) electrons. The largest absolute Gasteiger partial charge is 0.545 e. The predicted octanol–water partition coefficient (Wildman–Crippen LogP) is 12.6. The van der Waals surface area contributed by atoms with Gasteiger partial charge in [0.1, 0.15) is 13.2 Å². The van der Waals surface area contributed by atoms with Gasteiger partial charge in [0.05, 0.1) is 40.3 Å². The van der Waals surface area contributed by atoms with Crippen molar-refractivity contribution in [1.29, 1.82) is 0 Å². The zero-order chi connectivity index (χ0) is 46.3. The van der Waals surface area contributed by atoms with E-state index in [1.54, 1.807) is 0 Å². The number of quaternary nitrogens is 1. The van der Waals surface area contributed by atoms with Crippen molar-refractivity contribution in [3.05, 3.63) is 72.9 Å². The molecule has 0 aromatic heterocycles. The number of rotatable bonds is 45. The highest BCUT2D eigenvalue weighted by Gasteiger charge is 2.21. The molecule has 0 N–H and O–H groups in total. The molecule has 0 bridgehead atoms. The first kappa shape index (κ1) is 59.7. The van der Waals surface area contributed by atoms with Gasteiger partial charge in [-0.1, -0.05) is 189 Å². The quantitative estimate of drug-likeness (QED) is 0.0195. The summed E-state index contributed by atoms with van der Waals surface area (Å²) < 4.78 is 22.5. The number of carbonyl (C=O) groups is 3. The number of unbranched alkanes of at least 4 members (excludes halogenated alkanes) is 18. The lowest BCUT2D eigenvalue weighted by molar-refractivity contribution is -0.870. The lowest BCUT2D eigenvalue weighted by atomic mass is 10.0. The van der Waals surface area contributed by atoms with Crippen LogP contribution in [0, 0.1) is 0 Å². The van der Waals surface area contributed by atoms with Crippen LogP contribution in [0.15, 0.2) is 72.9 Å². The summed E-state index contributed by atoms with van der Waals surface area (Å²) in [4.78, 5) is 37.0. The highest BCUT2D eigenvalue weighted by molar-refractivity contribution is 5.70. The molecule has 0 amide bonds. The molecule has 0 aromatic rings. The third-order valence-electron chi connectivity index (χ3n) is 10.5. The van der Waals surface area contributed by atoms with Crippen molar-refractivity contribution in [1.82, 2.24) is 0 Å². The van der Waals surface area contributed by atoms with Crippen LogP contribution in [-0.4, -0.2) is 82.3 Å². The van der Waals surface area contributed by atoms with E-state index in [0.29, 0.717) is 17.4 Å². The van der Waals surface area contributed by atoms with Crippen LogP contribution in [-0.2, 0) is 33.3 Å². The van der Waals surface area contributed by atoms with E-state index < -0.39 is 24.3 Å². The van der Waals surface area contributed by atoms with Gasteiger partial charge in [0.15, 0.2) is 12.4 Å². The van der Waals surface area contributed by atoms with Gasteiger partial charge in [0.2, 0.25) is 0 Å². The number of ether oxygens (including phenoxy) is 4. The van der Waals surface area contributed by atoms with E-state index in [1.165, 1.54) is 77.0 Å². The number of carboxylic acids is 1. The van der Waals surface area contributed by atoms with Crippen LogP contribution in [0.3, 0.4) is 0 Å². The Bertz CT molecular complexity index is 1260. The summed E-state index contributed by atoms with van der Waals surface area (Å²) in [5.74, 6) is -2.30. The topological polar surface area (TPSA) is 111 Å². The molecule has 0 heterocycles. The van der Waals surface area contributed by atoms with Crippen LogP contribution in [0.5, 0.6) is 0 Å². The first-order valence-corrected chi connectivity index (χ1v) is 25.1. The van der Waals surface area contributed by atoms with Gasteiger partial charge in [-0.15, -0.1) is 0 Å². The Kier molecular flexibility index (Phi) is 43.0. The van der Waals surface area contributed by atoms with Gasteiger partial charge in [-0.05, 0) is 64.2 Å². The number of carbonyl (C=O) groups excluding carboxylic acids is 3. The number of allylic oxidation sites excluding steroid dienone is 12. The van der Waals surface area contributed by atoms with E-state index >= 15 is 0 Å². The van der Waals surface area contributed by atoms with Crippen molar-refractivity contribution < 1.29 is 42.9 Å². The average molecular weight is 884 g/mol. The number of hydrogen-bond acceptors (Lipinski definition) is 8. The first-order valence-electron chi connectivity index (χ1n) is 25.1. The van der Waals surface area contributed by atoms with Crippen LogP contribution in [0.2, 0.25) is 0 Å². The molecule has 0 aliphatic heterocycles. The molecule has 0 rings (SSSR count). The van der Waals surface area contributed by atoms with Crippen molar-refractivity contribution in [2.75, 3.05) is 47.5 Å². The Balaban J connectivity index is 4.21. The molecule has 362 valence electrons. The third-order valence-corrected chi connectivity index (χ3v) is 10.5. The van der Waals surface area contributed by atoms with E-state index in [1.807, 2.05) is 21.1 Å². The molecular weight excluding hydrogens is 791 g/mol. The minimum atomic E-state index is -1.62. The van der Waals surface area contributed by atoms with E-state index in [-0.39, 0.29) is 38.6 Å². The number of likely N-dealkylation sites (N-methyl/N-ethyl adjacent to an activating group) is 1. The first-order chi connectivity index (χ1) is 30.6. The Morgan fingerprint density at radius 3 is 1.35 bits per heavy atom. The molecule has 2 unspecified atom stereocenters. The molecule has 0 aliphatic carbocycles. The molecule has 0 aliphatic rings. The van der Waals surface area contributed by atoms with E-state index in [2.05, 4.69) is 86.8 Å². The number of hydrogen-bond donors (Lipinski definition) is 0. The predicted molar refractivity (Wildman–Crippen MR) is 260 cm³/mol. The molecule has 0 aromatic carbocycles. The van der Waals surface area contributed by atoms with Gasteiger partial charge in [-0.25, -0.2) is 0 Å². The second-order valence-electron chi connectivity index (χ2n) is 17.7. The van der Waals surface area contributed by atoms with Crippen molar-refractivity contribution in [2.24, 2.45) is 0 Å². The normalized spacial score (nSPS) is 13.5. The zero-order valence-electron chi connectivity index (χ0n) is 40.9. The second-order valence-corrected chi connectivity index (χ2v) is 17.7. The average Bonchev–Trinajstić information content (AvgIpc) is 3.24. The van der Waals surface area contributed by atoms with Gasteiger partial charge < -0.3 is 33.3 Å². The summed E-state index contributed by atoms with van der Waals surface area (Å²) in [5, 5.41) is 11.7. The van der Waals surface area contributed by atoms with Crippen molar-refractivity contribution >= 4 is 17.9 Å². The maximum atomic E-state index is 12.8. The van der Waals surface area contributed by atoms with E-state index in [9.17, 15) is 19.5 Å². The van der Waals surface area contributed by atoms with E-state index in [4.69, 9.17) is 18.9 Å². The maximum Gasteiger partial charge on any atom is 0.306 e. The summed E-state index contributed by atoms with van der Waals surface area (Å²) >= 11 is 0.